The number of nitrogens with zero attached hydrogens (tertiary/aromatic N) is 2. The molecule has 5 heteroatoms. The van der Waals surface area contributed by atoms with Crippen LogP contribution >= 0.6 is 11.8 Å². The van der Waals surface area contributed by atoms with Crippen LogP contribution in [0.2, 0.25) is 0 Å². The largest absolute Gasteiger partial charge is 0.369 e. The zero-order valence-electron chi connectivity index (χ0n) is 14.0. The third-order valence-electron chi connectivity index (χ3n) is 3.89. The van der Waals surface area contributed by atoms with Gasteiger partial charge in [0.25, 0.3) is 0 Å². The van der Waals surface area contributed by atoms with E-state index in [9.17, 15) is 0 Å². The Morgan fingerprint density at radius 3 is 2.40 bits per heavy atom. The van der Waals surface area contributed by atoms with Gasteiger partial charge in [0.05, 0.1) is 5.69 Å². The van der Waals surface area contributed by atoms with E-state index in [0.29, 0.717) is 5.82 Å². The van der Waals surface area contributed by atoms with E-state index in [1.165, 1.54) is 5.56 Å². The van der Waals surface area contributed by atoms with Crippen LogP contribution < -0.4 is 10.6 Å². The van der Waals surface area contributed by atoms with E-state index < -0.39 is 0 Å². The zero-order chi connectivity index (χ0) is 17.6. The molecular formula is C20H20N4S. The highest BCUT2D eigenvalue weighted by molar-refractivity contribution is 7.98. The average molecular weight is 348 g/mol. The lowest BCUT2D eigenvalue weighted by Crippen LogP contribution is -2.33. The Hall–Kier alpha value is -2.79. The van der Waals surface area contributed by atoms with Crippen LogP contribution in [0.1, 0.15) is 11.1 Å². The van der Waals surface area contributed by atoms with Crippen LogP contribution in [-0.4, -0.2) is 17.2 Å². The molecule has 0 aliphatic carbocycles. The van der Waals surface area contributed by atoms with Crippen molar-refractivity contribution in [2.45, 2.75) is 11.3 Å². The monoisotopic (exact) mass is 348 g/mol. The molecule has 3 N–H and O–H groups in total. The molecule has 0 atom stereocenters. The number of hydrogen-bond acceptors (Lipinski definition) is 3. The van der Waals surface area contributed by atoms with E-state index >= 15 is 0 Å². The van der Waals surface area contributed by atoms with E-state index in [1.54, 1.807) is 22.9 Å². The minimum absolute atomic E-state index is 0.0510. The molecule has 0 saturated heterocycles. The van der Waals surface area contributed by atoms with Gasteiger partial charge in [-0.3, -0.25) is 10.3 Å². The van der Waals surface area contributed by atoms with Gasteiger partial charge in [-0.1, -0.05) is 36.4 Å². The van der Waals surface area contributed by atoms with Crippen LogP contribution in [0, 0.1) is 5.41 Å². The first-order valence-electron chi connectivity index (χ1n) is 7.95. The second-order valence-electron chi connectivity index (χ2n) is 5.57. The predicted octanol–water partition coefficient (Wildman–Crippen LogP) is 4.43. The minimum Gasteiger partial charge on any atom is -0.369 e. The van der Waals surface area contributed by atoms with E-state index in [0.717, 1.165) is 22.6 Å². The average Bonchev–Trinajstić information content (AvgIpc) is 2.64. The molecular weight excluding hydrogens is 328 g/mol. The van der Waals surface area contributed by atoms with Gasteiger partial charge in [-0.15, -0.1) is 11.8 Å². The summed E-state index contributed by atoms with van der Waals surface area (Å²) in [5.41, 5.74) is 8.95. The maximum atomic E-state index is 8.06. The van der Waals surface area contributed by atoms with Crippen molar-refractivity contribution in [3.63, 3.8) is 0 Å². The summed E-state index contributed by atoms with van der Waals surface area (Å²) in [5.74, 6) is 0.640. The van der Waals surface area contributed by atoms with Crippen LogP contribution in [0.4, 0.5) is 11.5 Å². The second kappa shape index (κ2) is 7.85. The summed E-state index contributed by atoms with van der Waals surface area (Å²) < 4.78 is 0. The quantitative estimate of drug-likeness (QED) is 0.407. The second-order valence-corrected chi connectivity index (χ2v) is 6.45. The smallest absolute Gasteiger partial charge is 0.198 e. The molecule has 0 amide bonds. The number of pyridine rings is 1. The molecule has 0 bridgehead atoms. The summed E-state index contributed by atoms with van der Waals surface area (Å²) in [4.78, 5) is 7.36. The summed E-state index contributed by atoms with van der Waals surface area (Å²) in [5, 5.41) is 8.06. The Morgan fingerprint density at radius 1 is 1.04 bits per heavy atom. The molecule has 0 spiro atoms. The van der Waals surface area contributed by atoms with Gasteiger partial charge in [0.2, 0.25) is 0 Å². The SMILES string of the molecule is CSc1ccc(N(C(=N)N)c2ncccc2Cc2ccccc2)cc1. The van der Waals surface area contributed by atoms with Crippen molar-refractivity contribution in [1.82, 2.24) is 4.98 Å². The highest BCUT2D eigenvalue weighted by Crippen LogP contribution is 2.29. The van der Waals surface area contributed by atoms with Crippen molar-refractivity contribution >= 4 is 29.2 Å². The Labute approximate surface area is 152 Å². The lowest BCUT2D eigenvalue weighted by Gasteiger charge is -2.24. The molecule has 0 unspecified atom stereocenters. The number of aromatic nitrogens is 1. The predicted molar refractivity (Wildman–Crippen MR) is 106 cm³/mol. The van der Waals surface area contributed by atoms with Gasteiger partial charge in [-0.2, -0.15) is 0 Å². The van der Waals surface area contributed by atoms with E-state index in [2.05, 4.69) is 17.1 Å². The van der Waals surface area contributed by atoms with Crippen molar-refractivity contribution in [1.29, 1.82) is 5.41 Å². The summed E-state index contributed by atoms with van der Waals surface area (Å²) in [6, 6.07) is 22.1. The standard InChI is InChI=1S/C20H20N4S/c1-25-18-11-9-17(10-12-18)24(20(21)22)19-16(8-5-13-23-19)14-15-6-3-2-4-7-15/h2-13H,14H2,1H3,(H3,21,22). The third-order valence-corrected chi connectivity index (χ3v) is 4.63. The zero-order valence-corrected chi connectivity index (χ0v) is 14.8. The molecule has 1 heterocycles. The van der Waals surface area contributed by atoms with Crippen molar-refractivity contribution in [3.8, 4) is 0 Å². The van der Waals surface area contributed by atoms with Gasteiger partial charge in [-0.25, -0.2) is 4.98 Å². The van der Waals surface area contributed by atoms with Crippen molar-refractivity contribution in [2.24, 2.45) is 5.73 Å². The molecule has 0 fully saturated rings. The first-order chi connectivity index (χ1) is 12.2. The summed E-state index contributed by atoms with van der Waals surface area (Å²) in [6.45, 7) is 0. The maximum Gasteiger partial charge on any atom is 0.198 e. The van der Waals surface area contributed by atoms with Crippen molar-refractivity contribution in [2.75, 3.05) is 11.2 Å². The molecule has 2 aromatic carbocycles. The Kier molecular flexibility index (Phi) is 5.36. The number of hydrogen-bond donors (Lipinski definition) is 2. The van der Waals surface area contributed by atoms with E-state index in [-0.39, 0.29) is 5.96 Å². The van der Waals surface area contributed by atoms with Gasteiger partial charge in [0.15, 0.2) is 5.96 Å². The topological polar surface area (TPSA) is 66.0 Å². The maximum absolute atomic E-state index is 8.06. The van der Waals surface area contributed by atoms with Gasteiger partial charge in [0, 0.05) is 17.5 Å². The number of guanidine groups is 1. The number of nitrogens with one attached hydrogen (secondary N) is 1. The van der Waals surface area contributed by atoms with Crippen LogP contribution in [0.25, 0.3) is 0 Å². The highest BCUT2D eigenvalue weighted by Gasteiger charge is 2.17. The van der Waals surface area contributed by atoms with Crippen LogP contribution in [0.3, 0.4) is 0 Å². The van der Waals surface area contributed by atoms with Crippen LogP contribution in [0.5, 0.6) is 0 Å². The van der Waals surface area contributed by atoms with Gasteiger partial charge >= 0.3 is 0 Å². The number of nitrogens with two attached hydrogens (primary N) is 1. The fraction of sp³-hybridized carbons (Fsp3) is 0.100. The molecule has 1 aromatic heterocycles. The Morgan fingerprint density at radius 2 is 1.76 bits per heavy atom. The molecule has 0 saturated carbocycles. The summed E-state index contributed by atoms with van der Waals surface area (Å²) in [6.07, 6.45) is 4.50. The van der Waals surface area contributed by atoms with Gasteiger partial charge in [-0.05, 0) is 47.7 Å². The molecule has 25 heavy (non-hydrogen) atoms. The number of thioether (sulfide) groups is 1. The number of benzene rings is 2. The molecule has 3 aromatic rings. The Balaban J connectivity index is 2.00. The minimum atomic E-state index is -0.0510. The molecule has 4 nitrogen and oxygen atoms in total. The normalized spacial score (nSPS) is 10.4. The summed E-state index contributed by atoms with van der Waals surface area (Å²) >= 11 is 1.68. The first-order valence-corrected chi connectivity index (χ1v) is 9.17. The lowest BCUT2D eigenvalue weighted by atomic mass is 10.1. The Bertz CT molecular complexity index is 847. The van der Waals surface area contributed by atoms with E-state index in [4.69, 9.17) is 11.1 Å². The fourth-order valence-electron chi connectivity index (χ4n) is 2.69. The lowest BCUT2D eigenvalue weighted by molar-refractivity contribution is 1.09. The molecule has 3 rings (SSSR count). The first kappa shape index (κ1) is 17.0. The van der Waals surface area contributed by atoms with Crippen LogP contribution in [-0.2, 0) is 6.42 Å². The van der Waals surface area contributed by atoms with Crippen LogP contribution in [0.15, 0.2) is 77.8 Å². The van der Waals surface area contributed by atoms with Gasteiger partial charge in [0.1, 0.15) is 5.82 Å². The fourth-order valence-corrected chi connectivity index (χ4v) is 3.10. The van der Waals surface area contributed by atoms with Crippen molar-refractivity contribution < 1.29 is 0 Å². The molecule has 126 valence electrons. The summed E-state index contributed by atoms with van der Waals surface area (Å²) in [7, 11) is 0. The van der Waals surface area contributed by atoms with E-state index in [1.807, 2.05) is 60.9 Å². The molecule has 0 radical (unpaired) electrons. The highest BCUT2D eigenvalue weighted by atomic mass is 32.2. The molecule has 0 aliphatic heterocycles. The third kappa shape index (κ3) is 4.00. The number of anilines is 2. The van der Waals surface area contributed by atoms with Crippen molar-refractivity contribution in [3.05, 3.63) is 84.1 Å². The number of rotatable bonds is 5. The molecule has 0 aliphatic rings. The van der Waals surface area contributed by atoms with Gasteiger partial charge < -0.3 is 5.73 Å².